The van der Waals surface area contributed by atoms with Crippen LogP contribution < -0.4 is 16.0 Å². The highest BCUT2D eigenvalue weighted by atomic mass is 19.4. The number of hydrogen-bond acceptors (Lipinski definition) is 5. The van der Waals surface area contributed by atoms with Gasteiger partial charge in [-0.05, 0) is 42.5 Å². The topological polar surface area (TPSA) is 112 Å². The fourth-order valence-corrected chi connectivity index (χ4v) is 4.25. The Kier molecular flexibility index (Phi) is 5.56. The normalized spacial score (nSPS) is 14.1. The molecule has 1 amide bonds. The molecule has 38 heavy (non-hydrogen) atoms. The van der Waals surface area contributed by atoms with E-state index in [0.29, 0.717) is 34.1 Å². The van der Waals surface area contributed by atoms with Crippen molar-refractivity contribution in [1.82, 2.24) is 19.7 Å². The number of amides is 1. The Bertz CT molecular complexity index is 1690. The number of amidine groups is 1. The summed E-state index contributed by atoms with van der Waals surface area (Å²) in [5.41, 5.74) is 2.41. The van der Waals surface area contributed by atoms with E-state index in [4.69, 9.17) is 0 Å². The van der Waals surface area contributed by atoms with Crippen LogP contribution in [0.1, 0.15) is 15.9 Å². The van der Waals surface area contributed by atoms with Crippen molar-refractivity contribution in [3.05, 3.63) is 90.6 Å². The summed E-state index contributed by atoms with van der Waals surface area (Å²) in [4.78, 5) is 21.7. The number of benzene rings is 3. The molecule has 3 aromatic carbocycles. The molecule has 3 heterocycles. The number of halogens is 3. The maximum absolute atomic E-state index is 13.4. The molecule has 5 aromatic rings. The van der Waals surface area contributed by atoms with Gasteiger partial charge in [0.25, 0.3) is 5.91 Å². The maximum atomic E-state index is 13.4. The molecule has 0 saturated carbocycles. The molecule has 4 N–H and O–H groups in total. The van der Waals surface area contributed by atoms with Gasteiger partial charge in [-0.1, -0.05) is 12.1 Å². The standard InChI is InChI=1S/C26H19F3N8O/c27-26(28,29)18-3-1-2-4-19(18)34-24-13-31-21-10-17(23(11-22(21)35-24)37-8-7-30-14-37)25(38)33-16-6-5-15-12-32-36-20(15)9-16/h1-12,14,31H,13H2,(H,32,36)(H,33,38)(H,34,35). The number of aliphatic imine (C=N–C) groups is 1. The van der Waals surface area contributed by atoms with Crippen molar-refractivity contribution >= 4 is 45.4 Å². The van der Waals surface area contributed by atoms with Crippen molar-refractivity contribution in [3.8, 4) is 5.69 Å². The summed E-state index contributed by atoms with van der Waals surface area (Å²) in [7, 11) is 0. The van der Waals surface area contributed by atoms with E-state index in [1.807, 2.05) is 6.07 Å². The Hall–Kier alpha value is -5.13. The minimum atomic E-state index is -4.53. The molecule has 1 aliphatic heterocycles. The van der Waals surface area contributed by atoms with Crippen molar-refractivity contribution in [2.75, 3.05) is 22.5 Å². The Labute approximate surface area is 213 Å². The van der Waals surface area contributed by atoms with Crippen LogP contribution in [-0.4, -0.2) is 38.0 Å². The quantitative estimate of drug-likeness (QED) is 0.249. The van der Waals surface area contributed by atoms with E-state index >= 15 is 0 Å². The molecule has 0 spiro atoms. The van der Waals surface area contributed by atoms with Crippen molar-refractivity contribution in [2.45, 2.75) is 6.18 Å². The first-order chi connectivity index (χ1) is 18.3. The zero-order valence-corrected chi connectivity index (χ0v) is 19.5. The first-order valence-electron chi connectivity index (χ1n) is 11.5. The number of aromatic nitrogens is 4. The summed E-state index contributed by atoms with van der Waals surface area (Å²) >= 11 is 0. The summed E-state index contributed by atoms with van der Waals surface area (Å²) in [6.45, 7) is 0.140. The zero-order valence-electron chi connectivity index (χ0n) is 19.5. The van der Waals surface area contributed by atoms with Gasteiger partial charge in [0.15, 0.2) is 0 Å². The molecule has 6 rings (SSSR count). The number of fused-ring (bicyclic) bond motifs is 2. The van der Waals surface area contributed by atoms with Crippen LogP contribution in [-0.2, 0) is 6.18 Å². The molecule has 12 heteroatoms. The predicted octanol–water partition coefficient (Wildman–Crippen LogP) is 5.59. The SMILES string of the molecule is O=C(Nc1ccc2cn[nH]c2c1)c1cc2c(cc1-n1ccnc1)NC(=Nc1ccccc1C(F)(F)F)CN2. The van der Waals surface area contributed by atoms with Crippen LogP contribution in [0, 0.1) is 0 Å². The Balaban J connectivity index is 1.34. The van der Waals surface area contributed by atoms with Crippen molar-refractivity contribution in [1.29, 1.82) is 0 Å². The van der Waals surface area contributed by atoms with E-state index in [9.17, 15) is 18.0 Å². The number of alkyl halides is 3. The fourth-order valence-electron chi connectivity index (χ4n) is 4.25. The summed E-state index contributed by atoms with van der Waals surface area (Å²) in [6.07, 6.45) is 2.00. The molecule has 1 aliphatic rings. The average molecular weight is 516 g/mol. The first-order valence-corrected chi connectivity index (χ1v) is 11.5. The third kappa shape index (κ3) is 4.43. The minimum Gasteiger partial charge on any atom is -0.376 e. The largest absolute Gasteiger partial charge is 0.418 e. The van der Waals surface area contributed by atoms with Crippen molar-refractivity contribution < 1.29 is 18.0 Å². The van der Waals surface area contributed by atoms with Gasteiger partial charge in [0.1, 0.15) is 5.84 Å². The summed E-state index contributed by atoms with van der Waals surface area (Å²) < 4.78 is 42.0. The molecular formula is C26H19F3N8O. The Morgan fingerprint density at radius 1 is 1.08 bits per heavy atom. The van der Waals surface area contributed by atoms with Gasteiger partial charge < -0.3 is 20.5 Å². The molecular weight excluding hydrogens is 497 g/mol. The Morgan fingerprint density at radius 3 is 2.76 bits per heavy atom. The lowest BCUT2D eigenvalue weighted by Gasteiger charge is -2.24. The van der Waals surface area contributed by atoms with Crippen LogP contribution >= 0.6 is 0 Å². The van der Waals surface area contributed by atoms with E-state index in [0.717, 1.165) is 17.0 Å². The predicted molar refractivity (Wildman–Crippen MR) is 138 cm³/mol. The van der Waals surface area contributed by atoms with E-state index < -0.39 is 11.7 Å². The third-order valence-electron chi connectivity index (χ3n) is 6.05. The molecule has 0 saturated heterocycles. The second-order valence-electron chi connectivity index (χ2n) is 8.56. The van der Waals surface area contributed by atoms with Gasteiger partial charge in [-0.3, -0.25) is 9.89 Å². The number of hydrogen-bond donors (Lipinski definition) is 4. The highest BCUT2D eigenvalue weighted by Gasteiger charge is 2.33. The molecule has 190 valence electrons. The van der Waals surface area contributed by atoms with Gasteiger partial charge in [0.2, 0.25) is 0 Å². The molecule has 0 atom stereocenters. The molecule has 2 aromatic heterocycles. The molecule has 0 unspecified atom stereocenters. The van der Waals surface area contributed by atoms with Gasteiger partial charge in [-0.25, -0.2) is 9.98 Å². The van der Waals surface area contributed by atoms with E-state index in [-0.39, 0.29) is 18.1 Å². The van der Waals surface area contributed by atoms with Gasteiger partial charge in [-0.2, -0.15) is 18.3 Å². The van der Waals surface area contributed by atoms with Crippen LogP contribution in [0.15, 0.2) is 84.5 Å². The summed E-state index contributed by atoms with van der Waals surface area (Å²) in [5, 5.41) is 17.0. The number of rotatable bonds is 4. The maximum Gasteiger partial charge on any atom is 0.418 e. The first kappa shape index (κ1) is 23.3. The molecule has 0 fully saturated rings. The lowest BCUT2D eigenvalue weighted by molar-refractivity contribution is -0.137. The van der Waals surface area contributed by atoms with Crippen LogP contribution in [0.4, 0.5) is 35.9 Å². The average Bonchev–Trinajstić information content (AvgIpc) is 3.60. The van der Waals surface area contributed by atoms with Gasteiger partial charge >= 0.3 is 6.18 Å². The van der Waals surface area contributed by atoms with Crippen molar-refractivity contribution in [2.24, 2.45) is 4.99 Å². The van der Waals surface area contributed by atoms with Crippen LogP contribution in [0.3, 0.4) is 0 Å². The highest BCUT2D eigenvalue weighted by Crippen LogP contribution is 2.37. The van der Waals surface area contributed by atoms with Crippen LogP contribution in [0.5, 0.6) is 0 Å². The summed E-state index contributed by atoms with van der Waals surface area (Å²) in [5.74, 6) is -0.0495. The molecule has 0 radical (unpaired) electrons. The summed E-state index contributed by atoms with van der Waals surface area (Å²) in [6, 6.07) is 14.0. The number of imidazole rings is 1. The van der Waals surface area contributed by atoms with Gasteiger partial charge in [-0.15, -0.1) is 0 Å². The monoisotopic (exact) mass is 516 g/mol. The molecule has 0 bridgehead atoms. The number of nitrogens with zero attached hydrogens (tertiary/aromatic N) is 4. The second kappa shape index (κ2) is 9.07. The number of aromatic amines is 1. The fraction of sp³-hybridized carbons (Fsp3) is 0.0769. The van der Waals surface area contributed by atoms with E-state index in [2.05, 4.69) is 36.1 Å². The van der Waals surface area contributed by atoms with Crippen molar-refractivity contribution in [3.63, 3.8) is 0 Å². The second-order valence-corrected chi connectivity index (χ2v) is 8.56. The lowest BCUT2D eigenvalue weighted by Crippen LogP contribution is -2.28. The number of H-pyrrole nitrogens is 1. The molecule has 0 aliphatic carbocycles. The number of carbonyl (C=O) groups is 1. The number of carbonyl (C=O) groups excluding carboxylic acids is 1. The molecule has 9 nitrogen and oxygen atoms in total. The number of para-hydroxylation sites is 1. The van der Waals surface area contributed by atoms with E-state index in [1.54, 1.807) is 53.8 Å². The highest BCUT2D eigenvalue weighted by molar-refractivity contribution is 6.11. The zero-order chi connectivity index (χ0) is 26.3. The lowest BCUT2D eigenvalue weighted by atomic mass is 10.1. The number of nitrogens with one attached hydrogen (secondary N) is 4. The smallest absolute Gasteiger partial charge is 0.376 e. The van der Waals surface area contributed by atoms with Gasteiger partial charge in [0, 0.05) is 23.5 Å². The number of anilines is 3. The third-order valence-corrected chi connectivity index (χ3v) is 6.05. The van der Waals surface area contributed by atoms with Crippen LogP contribution in [0.2, 0.25) is 0 Å². The van der Waals surface area contributed by atoms with E-state index in [1.165, 1.54) is 18.2 Å². The Morgan fingerprint density at radius 2 is 1.95 bits per heavy atom. The minimum absolute atomic E-state index is 0.140. The van der Waals surface area contributed by atoms with Crippen LogP contribution in [0.25, 0.3) is 16.6 Å². The van der Waals surface area contributed by atoms with Gasteiger partial charge in [0.05, 0.1) is 58.5 Å².